The number of carbonyl (C=O) groups is 2. The number of piperidine rings is 2. The van der Waals surface area contributed by atoms with Crippen molar-refractivity contribution >= 4 is 30.0 Å². The summed E-state index contributed by atoms with van der Waals surface area (Å²) in [6.45, 7) is 5.06. The Morgan fingerprint density at radius 3 is 2.81 bits per heavy atom. The Bertz CT molecular complexity index is 619. The highest BCUT2D eigenvalue weighted by molar-refractivity contribution is 5.90. The van der Waals surface area contributed by atoms with Gasteiger partial charge in [-0.3, -0.25) is 4.79 Å². The summed E-state index contributed by atoms with van der Waals surface area (Å²) in [6, 6.07) is 7.85. The lowest BCUT2D eigenvalue weighted by atomic mass is 9.96. The van der Waals surface area contributed by atoms with E-state index in [0.29, 0.717) is 13.1 Å². The number of benzene rings is 1. The third-order valence-electron chi connectivity index (χ3n) is 4.99. The number of carbonyl (C=O) groups excluding carboxylic acids is 2. The summed E-state index contributed by atoms with van der Waals surface area (Å²) in [5, 5.41) is 9.40. The standard InChI is InChI=1S/C19H28N4O2.ClH/c1-14-5-2-7-16(11-14)22-19(25)23-10-4-6-15(13-23)18(24)21-17-8-3-9-20-12-17;/h2,5,7,11,15,17,20H,3-4,6,8-10,12-13H2,1H3,(H,21,24)(H,22,25);1H. The maximum Gasteiger partial charge on any atom is 0.321 e. The van der Waals surface area contributed by atoms with Crippen LogP contribution in [0, 0.1) is 12.8 Å². The predicted molar refractivity (Wildman–Crippen MR) is 106 cm³/mol. The van der Waals surface area contributed by atoms with Crippen LogP contribution in [0.4, 0.5) is 10.5 Å². The Labute approximate surface area is 161 Å². The number of amides is 3. The lowest BCUT2D eigenvalue weighted by molar-refractivity contribution is -0.127. The van der Waals surface area contributed by atoms with Crippen LogP contribution in [-0.4, -0.2) is 49.1 Å². The number of aryl methyl sites for hydroxylation is 1. The van der Waals surface area contributed by atoms with E-state index in [2.05, 4.69) is 16.0 Å². The molecule has 0 spiro atoms. The van der Waals surface area contributed by atoms with E-state index in [1.54, 1.807) is 4.90 Å². The van der Waals surface area contributed by atoms with Gasteiger partial charge in [-0.05, 0) is 56.8 Å². The van der Waals surface area contributed by atoms with Crippen molar-refractivity contribution in [3.05, 3.63) is 29.8 Å². The Morgan fingerprint density at radius 2 is 2.08 bits per heavy atom. The molecule has 26 heavy (non-hydrogen) atoms. The number of hydrogen-bond donors (Lipinski definition) is 3. The smallest absolute Gasteiger partial charge is 0.321 e. The van der Waals surface area contributed by atoms with Crippen molar-refractivity contribution in [2.24, 2.45) is 5.92 Å². The van der Waals surface area contributed by atoms with Crippen LogP contribution < -0.4 is 16.0 Å². The topological polar surface area (TPSA) is 73.5 Å². The molecule has 1 aromatic carbocycles. The molecule has 0 aliphatic carbocycles. The van der Waals surface area contributed by atoms with Gasteiger partial charge in [0.1, 0.15) is 0 Å². The Morgan fingerprint density at radius 1 is 1.23 bits per heavy atom. The van der Waals surface area contributed by atoms with Crippen LogP contribution in [0.1, 0.15) is 31.2 Å². The van der Waals surface area contributed by atoms with E-state index in [0.717, 1.165) is 50.0 Å². The van der Waals surface area contributed by atoms with Gasteiger partial charge in [-0.2, -0.15) is 0 Å². The molecular weight excluding hydrogens is 352 g/mol. The lowest BCUT2D eigenvalue weighted by Crippen LogP contribution is -2.51. The van der Waals surface area contributed by atoms with Gasteiger partial charge in [-0.1, -0.05) is 12.1 Å². The maximum atomic E-state index is 12.5. The van der Waals surface area contributed by atoms with Crippen LogP contribution in [0.15, 0.2) is 24.3 Å². The van der Waals surface area contributed by atoms with Gasteiger partial charge < -0.3 is 20.9 Å². The molecule has 0 saturated carbocycles. The van der Waals surface area contributed by atoms with Crippen molar-refractivity contribution in [1.82, 2.24) is 15.5 Å². The molecule has 2 aliphatic rings. The second-order valence-corrected chi connectivity index (χ2v) is 7.14. The van der Waals surface area contributed by atoms with E-state index in [1.165, 1.54) is 0 Å². The van der Waals surface area contributed by atoms with Crippen LogP contribution in [0.3, 0.4) is 0 Å². The molecule has 2 aliphatic heterocycles. The highest BCUT2D eigenvalue weighted by Gasteiger charge is 2.29. The first-order chi connectivity index (χ1) is 12.1. The number of rotatable bonds is 3. The number of hydrogen-bond acceptors (Lipinski definition) is 3. The van der Waals surface area contributed by atoms with Crippen LogP contribution in [0.5, 0.6) is 0 Å². The molecule has 0 radical (unpaired) electrons. The summed E-state index contributed by atoms with van der Waals surface area (Å²) in [5.74, 6) is -0.0271. The second-order valence-electron chi connectivity index (χ2n) is 7.14. The fourth-order valence-corrected chi connectivity index (χ4v) is 3.60. The molecule has 144 valence electrons. The third kappa shape index (κ3) is 5.61. The number of nitrogens with zero attached hydrogens (tertiary/aromatic N) is 1. The monoisotopic (exact) mass is 380 g/mol. The Kier molecular flexibility index (Phi) is 7.72. The van der Waals surface area contributed by atoms with E-state index in [-0.39, 0.29) is 36.3 Å². The van der Waals surface area contributed by atoms with Gasteiger partial charge >= 0.3 is 6.03 Å². The van der Waals surface area contributed by atoms with E-state index < -0.39 is 0 Å². The first-order valence-corrected chi connectivity index (χ1v) is 9.25. The summed E-state index contributed by atoms with van der Waals surface area (Å²) in [6.07, 6.45) is 3.84. The van der Waals surface area contributed by atoms with Gasteiger partial charge in [0.25, 0.3) is 0 Å². The summed E-state index contributed by atoms with van der Waals surface area (Å²) >= 11 is 0. The maximum absolute atomic E-state index is 12.5. The molecule has 3 amide bonds. The molecule has 2 heterocycles. The summed E-state index contributed by atoms with van der Waals surface area (Å²) in [5.41, 5.74) is 1.90. The minimum atomic E-state index is -0.123. The van der Waals surface area contributed by atoms with Gasteiger partial charge in [0.15, 0.2) is 0 Å². The average Bonchev–Trinajstić information content (AvgIpc) is 2.62. The first kappa shape index (κ1) is 20.5. The van der Waals surface area contributed by atoms with Gasteiger partial charge in [0.2, 0.25) is 5.91 Å². The first-order valence-electron chi connectivity index (χ1n) is 9.25. The van der Waals surface area contributed by atoms with Gasteiger partial charge in [0, 0.05) is 31.4 Å². The fraction of sp³-hybridized carbons (Fsp3) is 0.579. The number of anilines is 1. The Hall–Kier alpha value is -1.79. The van der Waals surface area contributed by atoms with Crippen molar-refractivity contribution in [2.75, 3.05) is 31.5 Å². The van der Waals surface area contributed by atoms with Crippen LogP contribution >= 0.6 is 12.4 Å². The molecule has 0 aromatic heterocycles. The molecule has 2 fully saturated rings. The largest absolute Gasteiger partial charge is 0.352 e. The highest BCUT2D eigenvalue weighted by Crippen LogP contribution is 2.19. The van der Waals surface area contributed by atoms with Crippen molar-refractivity contribution in [3.8, 4) is 0 Å². The molecule has 1 aromatic rings. The normalized spacial score (nSPS) is 22.9. The number of nitrogens with one attached hydrogen (secondary N) is 3. The van der Waals surface area contributed by atoms with Crippen LogP contribution in [0.25, 0.3) is 0 Å². The zero-order valence-corrected chi connectivity index (χ0v) is 16.1. The fourth-order valence-electron chi connectivity index (χ4n) is 3.60. The SMILES string of the molecule is Cc1cccc(NC(=O)N2CCCC(C(=O)NC3CCCNC3)C2)c1.Cl. The number of urea groups is 1. The predicted octanol–water partition coefficient (Wildman–Crippen LogP) is 2.53. The third-order valence-corrected chi connectivity index (χ3v) is 4.99. The zero-order valence-electron chi connectivity index (χ0n) is 15.3. The van der Waals surface area contributed by atoms with Crippen molar-refractivity contribution in [3.63, 3.8) is 0 Å². The quantitative estimate of drug-likeness (QED) is 0.754. The molecule has 2 saturated heterocycles. The zero-order chi connectivity index (χ0) is 17.6. The molecule has 3 rings (SSSR count). The number of likely N-dealkylation sites (tertiary alicyclic amines) is 1. The van der Waals surface area contributed by atoms with Gasteiger partial charge in [-0.25, -0.2) is 4.79 Å². The summed E-state index contributed by atoms with van der Waals surface area (Å²) in [7, 11) is 0. The highest BCUT2D eigenvalue weighted by atomic mass is 35.5. The van der Waals surface area contributed by atoms with E-state index in [1.807, 2.05) is 31.2 Å². The molecule has 6 nitrogen and oxygen atoms in total. The van der Waals surface area contributed by atoms with Crippen LogP contribution in [0.2, 0.25) is 0 Å². The minimum Gasteiger partial charge on any atom is -0.352 e. The van der Waals surface area contributed by atoms with E-state index in [4.69, 9.17) is 0 Å². The minimum absolute atomic E-state index is 0. The molecular formula is C19H29ClN4O2. The molecule has 7 heteroatoms. The van der Waals surface area contributed by atoms with Crippen LogP contribution in [-0.2, 0) is 4.79 Å². The molecule has 2 unspecified atom stereocenters. The molecule has 0 bridgehead atoms. The Balaban J connectivity index is 0.00000243. The van der Waals surface area contributed by atoms with E-state index in [9.17, 15) is 9.59 Å². The average molecular weight is 381 g/mol. The number of halogens is 1. The second kappa shape index (κ2) is 9.78. The van der Waals surface area contributed by atoms with Gasteiger partial charge in [-0.15, -0.1) is 12.4 Å². The summed E-state index contributed by atoms with van der Waals surface area (Å²) < 4.78 is 0. The lowest BCUT2D eigenvalue weighted by Gasteiger charge is -2.33. The van der Waals surface area contributed by atoms with Crippen molar-refractivity contribution < 1.29 is 9.59 Å². The van der Waals surface area contributed by atoms with E-state index >= 15 is 0 Å². The molecule has 2 atom stereocenters. The van der Waals surface area contributed by atoms with Crippen molar-refractivity contribution in [2.45, 2.75) is 38.6 Å². The van der Waals surface area contributed by atoms with Crippen molar-refractivity contribution in [1.29, 1.82) is 0 Å². The molecule has 3 N–H and O–H groups in total. The summed E-state index contributed by atoms with van der Waals surface area (Å²) in [4.78, 5) is 26.8. The van der Waals surface area contributed by atoms with Gasteiger partial charge in [0.05, 0.1) is 5.92 Å².